The van der Waals surface area contributed by atoms with Gasteiger partial charge in [-0.25, -0.2) is 0 Å². The second kappa shape index (κ2) is 21.0. The zero-order valence-corrected chi connectivity index (χ0v) is 44.6. The van der Waals surface area contributed by atoms with Gasteiger partial charge in [0.25, 0.3) is 0 Å². The van der Waals surface area contributed by atoms with E-state index in [1.165, 1.54) is 71.8 Å². The molecule has 7 aromatic carbocycles. The van der Waals surface area contributed by atoms with Crippen molar-refractivity contribution in [1.82, 2.24) is 9.97 Å². The number of rotatable bonds is 12. The van der Waals surface area contributed by atoms with Gasteiger partial charge in [-0.05, 0) is 87.5 Å². The molecular weight excluding hydrogens is 1040 g/mol. The average molecular weight is 1100 g/mol. The fourth-order valence-electron chi connectivity index (χ4n) is 10.9. The Morgan fingerprint density at radius 3 is 1.44 bits per heavy atom. The van der Waals surface area contributed by atoms with Crippen molar-refractivity contribution < 1.29 is 25.8 Å². The van der Waals surface area contributed by atoms with Gasteiger partial charge in [-0.1, -0.05) is 234 Å². The standard InChI is InChI=1S/C65H60B2N2O.Pt/c1-41(2)53-35-49(46-23-12-10-13-24-46)36-54(42(3)4)63(53)66-57-29-16-17-30-58(57)67(64-55(43(5)6)37-50(38-56(64)44(7)8)47-25-14-11-15-26-47)65-59(66)39-51(61-32-20-22-45(9)69-61)40-62(65)70-52-28-21-27-48(34-52)60-31-18-19-33-68-60;/h10-33,35-39,41-44H,1-9H3;/q-2;+2. The van der Waals surface area contributed by atoms with Gasteiger partial charge in [0.1, 0.15) is 0 Å². The van der Waals surface area contributed by atoms with Gasteiger partial charge in [-0.2, -0.15) is 5.46 Å². The molecule has 71 heavy (non-hydrogen) atoms. The molecule has 0 atom stereocenters. The monoisotopic (exact) mass is 1100 g/mol. The van der Waals surface area contributed by atoms with Crippen molar-refractivity contribution >= 4 is 46.2 Å². The first-order valence-electron chi connectivity index (χ1n) is 25.2. The van der Waals surface area contributed by atoms with Crippen molar-refractivity contribution in [3.8, 4) is 56.3 Å². The Balaban J connectivity index is 0.00000624. The molecule has 0 bridgehead atoms. The van der Waals surface area contributed by atoms with E-state index in [4.69, 9.17) is 14.7 Å². The van der Waals surface area contributed by atoms with Gasteiger partial charge in [0, 0.05) is 23.4 Å². The first-order chi connectivity index (χ1) is 33.9. The van der Waals surface area contributed by atoms with Crippen LogP contribution in [-0.4, -0.2) is 23.4 Å². The molecule has 0 amide bonds. The van der Waals surface area contributed by atoms with E-state index in [0.717, 1.165) is 33.7 Å². The molecule has 9 aromatic rings. The molecule has 1 aliphatic heterocycles. The maximum atomic E-state index is 7.44. The van der Waals surface area contributed by atoms with E-state index >= 15 is 0 Å². The molecule has 0 saturated heterocycles. The summed E-state index contributed by atoms with van der Waals surface area (Å²) >= 11 is 0. The fourth-order valence-corrected chi connectivity index (χ4v) is 10.9. The number of benzene rings is 7. The quantitative estimate of drug-likeness (QED) is 0.0903. The molecule has 6 heteroatoms. The fraction of sp³-hybridized carbons (Fsp3) is 0.200. The number of nitrogens with zero attached hydrogens (tertiary/aromatic N) is 2. The maximum Gasteiger partial charge on any atom is 2.00 e. The van der Waals surface area contributed by atoms with Crippen LogP contribution in [0.4, 0.5) is 0 Å². The number of aromatic nitrogens is 2. The second-order valence-corrected chi connectivity index (χ2v) is 20.3. The molecule has 0 unspecified atom stereocenters. The van der Waals surface area contributed by atoms with Crippen LogP contribution in [0.5, 0.6) is 11.5 Å². The van der Waals surface area contributed by atoms with Crippen LogP contribution in [-0.2, 0) is 21.1 Å². The molecule has 0 spiro atoms. The number of fused-ring (bicyclic) bond motifs is 2. The van der Waals surface area contributed by atoms with E-state index in [9.17, 15) is 0 Å². The molecule has 0 fully saturated rings. The Morgan fingerprint density at radius 2 is 0.915 bits per heavy atom. The number of ether oxygens (including phenoxy) is 1. The Hall–Kier alpha value is -6.54. The average Bonchev–Trinajstić information content (AvgIpc) is 3.38. The molecule has 1 aliphatic rings. The van der Waals surface area contributed by atoms with Crippen LogP contribution in [0, 0.1) is 19.1 Å². The van der Waals surface area contributed by atoms with E-state index in [1.807, 2.05) is 36.5 Å². The molecule has 0 saturated carbocycles. The van der Waals surface area contributed by atoms with Crippen LogP contribution in [0.3, 0.4) is 0 Å². The summed E-state index contributed by atoms with van der Waals surface area (Å²) in [5, 5.41) is 0. The summed E-state index contributed by atoms with van der Waals surface area (Å²) in [5.41, 5.74) is 22.4. The summed E-state index contributed by atoms with van der Waals surface area (Å²) < 4.78 is 7.44. The summed E-state index contributed by atoms with van der Waals surface area (Å²) in [6, 6.07) is 69.2. The zero-order valence-electron chi connectivity index (χ0n) is 42.3. The molecule has 3 heterocycles. The van der Waals surface area contributed by atoms with E-state index in [2.05, 4.69) is 214 Å². The number of hydrogen-bond acceptors (Lipinski definition) is 3. The molecule has 10 rings (SSSR count). The van der Waals surface area contributed by atoms with Gasteiger partial charge in [0.05, 0.1) is 0 Å². The van der Waals surface area contributed by atoms with E-state index < -0.39 is 0 Å². The van der Waals surface area contributed by atoms with Crippen LogP contribution in [0.15, 0.2) is 176 Å². The number of hydrogen-bond donors (Lipinski definition) is 0. The molecule has 0 N–H and O–H groups in total. The SMILES string of the molecule is Cc1cccc(-c2[c-]c(Oc3[c-]c(-c4ccccn4)ccc3)c3c(c2)B(c2c(C(C)C)cc(-c4ccccc4)cc2C(C)C)c2ccccc2B3c2c(C(C)C)cc(-c3ccccc3)cc2C(C)C)n1.[Pt+2]. The van der Waals surface area contributed by atoms with Crippen LogP contribution in [0.25, 0.3) is 44.8 Å². The molecule has 3 nitrogen and oxygen atoms in total. The minimum Gasteiger partial charge on any atom is -0.497 e. The molecular formula is C65H60B2N2OPt. The van der Waals surface area contributed by atoms with Crippen molar-refractivity contribution in [3.05, 3.63) is 216 Å². The smallest absolute Gasteiger partial charge is 0.497 e. The number of aryl methyl sites for hydroxylation is 1. The Morgan fingerprint density at radius 1 is 0.423 bits per heavy atom. The van der Waals surface area contributed by atoms with Gasteiger partial charge in [-0.15, -0.1) is 40.9 Å². The van der Waals surface area contributed by atoms with Crippen molar-refractivity contribution in [2.75, 3.05) is 0 Å². The van der Waals surface area contributed by atoms with Crippen LogP contribution in [0.1, 0.15) is 107 Å². The van der Waals surface area contributed by atoms with Crippen molar-refractivity contribution in [1.29, 1.82) is 0 Å². The third kappa shape index (κ3) is 9.79. The summed E-state index contributed by atoms with van der Waals surface area (Å²) in [5.74, 6) is 2.22. The largest absolute Gasteiger partial charge is 2.00 e. The molecule has 2 aromatic heterocycles. The first-order valence-corrected chi connectivity index (χ1v) is 25.2. The summed E-state index contributed by atoms with van der Waals surface area (Å²) in [6.45, 7) is 20.5. The Bertz CT molecular complexity index is 3270. The number of pyridine rings is 2. The third-order valence-corrected chi connectivity index (χ3v) is 14.2. The van der Waals surface area contributed by atoms with E-state index in [1.54, 1.807) is 0 Å². The maximum absolute atomic E-state index is 7.44. The van der Waals surface area contributed by atoms with Crippen molar-refractivity contribution in [2.24, 2.45) is 0 Å². The Kier molecular flexibility index (Phi) is 14.7. The normalized spacial score (nSPS) is 12.1. The predicted octanol–water partition coefficient (Wildman–Crippen LogP) is 12.7. The Labute approximate surface area is 437 Å². The van der Waals surface area contributed by atoms with Gasteiger partial charge >= 0.3 is 21.1 Å². The van der Waals surface area contributed by atoms with E-state index in [0.29, 0.717) is 11.5 Å². The van der Waals surface area contributed by atoms with Crippen LogP contribution < -0.4 is 37.5 Å². The van der Waals surface area contributed by atoms with Crippen LogP contribution in [0.2, 0.25) is 0 Å². The van der Waals surface area contributed by atoms with E-state index in [-0.39, 0.29) is 58.2 Å². The van der Waals surface area contributed by atoms with Gasteiger partial charge < -0.3 is 14.7 Å². The third-order valence-electron chi connectivity index (χ3n) is 14.2. The molecule has 352 valence electrons. The van der Waals surface area contributed by atoms with Crippen molar-refractivity contribution in [3.63, 3.8) is 0 Å². The summed E-state index contributed by atoms with van der Waals surface area (Å²) in [6.07, 6.45) is 1.83. The predicted molar refractivity (Wildman–Crippen MR) is 298 cm³/mol. The molecule has 0 aliphatic carbocycles. The topological polar surface area (TPSA) is 35.0 Å². The van der Waals surface area contributed by atoms with Gasteiger partial charge in [0.15, 0.2) is 6.71 Å². The molecule has 0 radical (unpaired) electrons. The minimum absolute atomic E-state index is 0. The minimum atomic E-state index is -0.194. The second-order valence-electron chi connectivity index (χ2n) is 20.3. The van der Waals surface area contributed by atoms with Crippen molar-refractivity contribution in [2.45, 2.75) is 86.0 Å². The van der Waals surface area contributed by atoms with Gasteiger partial charge in [-0.3, -0.25) is 0 Å². The zero-order chi connectivity index (χ0) is 48.6. The summed E-state index contributed by atoms with van der Waals surface area (Å²) in [7, 11) is 0. The van der Waals surface area contributed by atoms with Gasteiger partial charge in [0.2, 0.25) is 6.71 Å². The summed E-state index contributed by atoms with van der Waals surface area (Å²) in [4.78, 5) is 9.86. The first kappa shape index (κ1) is 49.4. The van der Waals surface area contributed by atoms with Crippen LogP contribution >= 0.6 is 0 Å².